The number of benzene rings is 2. The van der Waals surface area contributed by atoms with E-state index < -0.39 is 29.3 Å². The highest BCUT2D eigenvalue weighted by Gasteiger charge is 2.80. The minimum absolute atomic E-state index is 0.111. The van der Waals surface area contributed by atoms with Crippen LogP contribution in [-0.4, -0.2) is 73.0 Å². The Kier molecular flexibility index (Phi) is 5.93. The van der Waals surface area contributed by atoms with Gasteiger partial charge in [0.05, 0.1) is 25.0 Å². The molecule has 2 spiro atoms. The Balaban J connectivity index is 1.38. The van der Waals surface area contributed by atoms with Crippen molar-refractivity contribution in [2.45, 2.75) is 75.3 Å². The molecule has 6 aliphatic rings. The van der Waals surface area contributed by atoms with Crippen LogP contribution in [0.3, 0.4) is 0 Å². The number of amides is 2. The fraction of sp³-hybridized carbons (Fsp3) is 0.529. The van der Waals surface area contributed by atoms with Gasteiger partial charge in [-0.1, -0.05) is 48.6 Å². The average Bonchev–Trinajstić information content (AvgIpc) is 3.34. The van der Waals surface area contributed by atoms with Crippen molar-refractivity contribution in [1.29, 1.82) is 0 Å². The number of nitrogens with zero attached hydrogens (tertiary/aromatic N) is 2. The third-order valence-corrected chi connectivity index (χ3v) is 10.6. The Bertz CT molecular complexity index is 1480. The van der Waals surface area contributed by atoms with E-state index in [0.717, 1.165) is 30.7 Å². The molecule has 2 aromatic rings. The van der Waals surface area contributed by atoms with E-state index in [1.165, 1.54) is 16.0 Å². The third-order valence-electron chi connectivity index (χ3n) is 10.6. The summed E-state index contributed by atoms with van der Waals surface area (Å²) in [5.41, 5.74) is 0.788. The third kappa shape index (κ3) is 3.42. The van der Waals surface area contributed by atoms with Gasteiger partial charge in [0.25, 0.3) is 0 Å². The Morgan fingerprint density at radius 1 is 1.10 bits per heavy atom. The predicted molar refractivity (Wildman–Crippen MR) is 156 cm³/mol. The topological polar surface area (TPSA) is 77.5 Å². The number of rotatable bonds is 5. The maximum Gasteiger partial charge on any atom is 0.417 e. The summed E-state index contributed by atoms with van der Waals surface area (Å²) < 4.78 is 25.0. The number of likely N-dealkylation sites (tertiary alicyclic amines) is 1. The number of carbonyl (C=O) groups excluding carboxylic acids is 2. The number of likely N-dealkylation sites (N-methyl/N-ethyl adjacent to an activating group) is 1. The maximum atomic E-state index is 14.9. The van der Waals surface area contributed by atoms with Gasteiger partial charge in [0.2, 0.25) is 5.91 Å². The van der Waals surface area contributed by atoms with Gasteiger partial charge in [0.1, 0.15) is 17.3 Å². The molecule has 0 N–H and O–H groups in total. The summed E-state index contributed by atoms with van der Waals surface area (Å²) in [6, 6.07) is 13.9. The van der Waals surface area contributed by atoms with Gasteiger partial charge in [0.15, 0.2) is 11.5 Å². The molecule has 2 aliphatic heterocycles. The van der Waals surface area contributed by atoms with Crippen LogP contribution in [0.25, 0.3) is 0 Å². The second-order valence-electron chi connectivity index (χ2n) is 13.6. The number of ether oxygens (including phenoxy) is 4. The molecule has 222 valence electrons. The van der Waals surface area contributed by atoms with Crippen LogP contribution >= 0.6 is 0 Å². The normalized spacial score (nSPS) is 33.5. The molecule has 2 fully saturated rings. The summed E-state index contributed by atoms with van der Waals surface area (Å²) >= 11 is 0. The van der Waals surface area contributed by atoms with E-state index in [1.807, 2.05) is 57.2 Å². The second kappa shape index (κ2) is 9.07. The lowest BCUT2D eigenvalue weighted by Gasteiger charge is -2.70. The molecule has 2 heterocycles. The van der Waals surface area contributed by atoms with E-state index in [2.05, 4.69) is 30.2 Å². The highest BCUT2D eigenvalue weighted by atomic mass is 16.6. The van der Waals surface area contributed by atoms with Crippen molar-refractivity contribution in [3.05, 3.63) is 71.3 Å². The van der Waals surface area contributed by atoms with Gasteiger partial charge in [-0.2, -0.15) is 0 Å². The molecule has 2 amide bonds. The summed E-state index contributed by atoms with van der Waals surface area (Å²) in [6.07, 6.45) is 5.59. The molecule has 8 heteroatoms. The van der Waals surface area contributed by atoms with Crippen molar-refractivity contribution < 1.29 is 28.5 Å². The number of methoxy groups -OCH3 is 2. The van der Waals surface area contributed by atoms with Crippen LogP contribution in [0.15, 0.2) is 54.6 Å². The highest BCUT2D eigenvalue weighted by molar-refractivity contribution is 5.95. The first-order valence-electron chi connectivity index (χ1n) is 14.9. The molecule has 0 aromatic heterocycles. The number of imide groups is 1. The van der Waals surface area contributed by atoms with Crippen molar-refractivity contribution in [1.82, 2.24) is 9.80 Å². The first kappa shape index (κ1) is 27.5. The van der Waals surface area contributed by atoms with Crippen molar-refractivity contribution in [3.63, 3.8) is 0 Å². The zero-order valence-electron chi connectivity index (χ0n) is 25.3. The molecule has 2 aromatic carbocycles. The lowest BCUT2D eigenvalue weighted by atomic mass is 9.37. The molecular weight excluding hydrogens is 532 g/mol. The number of fused-ring (bicyclic) bond motifs is 1. The molecule has 8 nitrogen and oxygen atoms in total. The Morgan fingerprint density at radius 3 is 2.55 bits per heavy atom. The summed E-state index contributed by atoms with van der Waals surface area (Å²) in [6.45, 7) is 6.48. The predicted octanol–water partition coefficient (Wildman–Crippen LogP) is 4.88. The van der Waals surface area contributed by atoms with Gasteiger partial charge >= 0.3 is 6.09 Å². The number of hydrogen-bond donors (Lipinski definition) is 0. The molecule has 4 bridgehead atoms. The van der Waals surface area contributed by atoms with Gasteiger partial charge in [-0.25, -0.2) is 9.69 Å². The summed E-state index contributed by atoms with van der Waals surface area (Å²) in [7, 11) is 5.52. The Hall–Kier alpha value is -3.36. The number of carbonyl (C=O) groups is 2. The Labute approximate surface area is 247 Å². The largest absolute Gasteiger partial charge is 0.493 e. The van der Waals surface area contributed by atoms with Crippen molar-refractivity contribution in [2.24, 2.45) is 11.3 Å². The molecule has 6 atom stereocenters. The minimum Gasteiger partial charge on any atom is -0.493 e. The Morgan fingerprint density at radius 2 is 1.86 bits per heavy atom. The van der Waals surface area contributed by atoms with Crippen molar-refractivity contribution in [3.8, 4) is 11.5 Å². The van der Waals surface area contributed by atoms with Crippen LogP contribution < -0.4 is 9.47 Å². The van der Waals surface area contributed by atoms with Crippen LogP contribution in [0.2, 0.25) is 0 Å². The van der Waals surface area contributed by atoms with Gasteiger partial charge in [0, 0.05) is 24.1 Å². The fourth-order valence-electron chi connectivity index (χ4n) is 8.99. The van der Waals surface area contributed by atoms with Gasteiger partial charge in [-0.3, -0.25) is 4.79 Å². The smallest absolute Gasteiger partial charge is 0.417 e. The van der Waals surface area contributed by atoms with Gasteiger partial charge in [-0.15, -0.1) is 0 Å². The van der Waals surface area contributed by atoms with E-state index >= 15 is 0 Å². The van der Waals surface area contributed by atoms with Crippen LogP contribution in [0, 0.1) is 11.3 Å². The van der Waals surface area contributed by atoms with E-state index in [4.69, 9.17) is 18.9 Å². The molecule has 4 aliphatic carbocycles. The standard InChI is InChI=1S/C34H40N2O6/c1-31(2,3)42-30(38)36(20-21-10-8-7-9-11-21)28(37)23-19-32-14-15-34(23,40-6)29-33(32)16-17-35(4)25(32)18-22-12-13-24(39-5)27(41-29)26(22)33/h7-15,23,25,29H,16-20H2,1-6H3/t23?,25-,29-,32-,33+,34-/m1/s1. The summed E-state index contributed by atoms with van der Waals surface area (Å²) in [5.74, 6) is 0.529. The lowest BCUT2D eigenvalue weighted by molar-refractivity contribution is -0.216. The average molecular weight is 573 g/mol. The van der Waals surface area contributed by atoms with E-state index in [9.17, 15) is 9.59 Å². The molecule has 0 radical (unpaired) electrons. The van der Waals surface area contributed by atoms with Crippen LogP contribution in [0.5, 0.6) is 11.5 Å². The second-order valence-corrected chi connectivity index (χ2v) is 13.6. The number of hydrogen-bond acceptors (Lipinski definition) is 7. The van der Waals surface area contributed by atoms with E-state index in [0.29, 0.717) is 12.2 Å². The monoisotopic (exact) mass is 572 g/mol. The number of piperidine rings is 1. The molecule has 1 saturated heterocycles. The molecule has 1 saturated carbocycles. The first-order chi connectivity index (χ1) is 20.0. The molecule has 8 rings (SSSR count). The van der Waals surface area contributed by atoms with E-state index in [1.54, 1.807) is 14.2 Å². The summed E-state index contributed by atoms with van der Waals surface area (Å²) in [4.78, 5) is 32.3. The quantitative estimate of drug-likeness (QED) is 0.473. The van der Waals surface area contributed by atoms with Crippen molar-refractivity contribution in [2.75, 3.05) is 27.8 Å². The zero-order chi connectivity index (χ0) is 29.7. The van der Waals surface area contributed by atoms with Gasteiger partial charge < -0.3 is 23.8 Å². The lowest BCUT2D eigenvalue weighted by Crippen LogP contribution is -2.80. The molecule has 42 heavy (non-hydrogen) atoms. The molecule has 1 unspecified atom stereocenters. The zero-order valence-corrected chi connectivity index (χ0v) is 25.3. The van der Waals surface area contributed by atoms with Crippen molar-refractivity contribution >= 4 is 12.0 Å². The van der Waals surface area contributed by atoms with Crippen LogP contribution in [-0.2, 0) is 32.6 Å². The summed E-state index contributed by atoms with van der Waals surface area (Å²) in [5, 5.41) is 0. The molecular formula is C34H40N2O6. The van der Waals surface area contributed by atoms with E-state index in [-0.39, 0.29) is 29.3 Å². The highest BCUT2D eigenvalue weighted by Crippen LogP contribution is 2.74. The van der Waals surface area contributed by atoms with Crippen LogP contribution in [0.4, 0.5) is 4.79 Å². The maximum absolute atomic E-state index is 14.9. The fourth-order valence-corrected chi connectivity index (χ4v) is 8.99. The first-order valence-corrected chi connectivity index (χ1v) is 14.9. The van der Waals surface area contributed by atoms with Gasteiger partial charge in [-0.05, 0) is 70.8 Å². The van der Waals surface area contributed by atoms with Crippen LogP contribution in [0.1, 0.15) is 50.3 Å². The SMILES string of the molecule is COc1ccc2c3c1O[C@@H]1[C@]34CCN(C)[C@H](C2)[C@]42C=C[C@@]1(OC)C(C(=O)N(Cc1ccccc1)C(=O)OC(C)(C)C)C2. The minimum atomic E-state index is -1.07.